The highest BCUT2D eigenvalue weighted by Crippen LogP contribution is 2.35. The Morgan fingerprint density at radius 3 is 1.47 bits per heavy atom. The Hall–Kier alpha value is -0.780. The average Bonchev–Trinajstić information content (AvgIpc) is 2.87. The summed E-state index contributed by atoms with van der Waals surface area (Å²) >= 11 is 0. The molecule has 0 aromatic heterocycles. The maximum absolute atomic E-state index is 2.54. The number of hydrogen-bond acceptors (Lipinski definition) is 0. The molecule has 0 nitrogen and oxygen atoms in total. The van der Waals surface area contributed by atoms with Crippen molar-refractivity contribution in [3.05, 3.63) is 34.9 Å². The van der Waals surface area contributed by atoms with Gasteiger partial charge in [0.1, 0.15) is 0 Å². The summed E-state index contributed by atoms with van der Waals surface area (Å²) < 4.78 is 0. The second-order valence-corrected chi connectivity index (χ2v) is 12.2. The van der Waals surface area contributed by atoms with E-state index in [-0.39, 0.29) is 0 Å². The van der Waals surface area contributed by atoms with Gasteiger partial charge in [-0.15, -0.1) is 0 Å². The van der Waals surface area contributed by atoms with E-state index in [1.54, 1.807) is 16.7 Å². The third-order valence-corrected chi connectivity index (χ3v) is 8.93. The third kappa shape index (κ3) is 14.2. The number of unbranched alkanes of at least 4 members (excludes halogenated alkanes) is 16. The van der Waals surface area contributed by atoms with Crippen LogP contribution in [0.3, 0.4) is 0 Å². The van der Waals surface area contributed by atoms with Crippen molar-refractivity contribution < 1.29 is 0 Å². The number of hydrogen-bond donors (Lipinski definition) is 0. The van der Waals surface area contributed by atoms with E-state index in [2.05, 4.69) is 32.0 Å². The van der Waals surface area contributed by atoms with Crippen molar-refractivity contribution in [3.8, 4) is 0 Å². The number of aryl methyl sites for hydroxylation is 1. The molecule has 0 unspecified atom stereocenters. The number of rotatable bonds is 21. The molecule has 1 aliphatic carbocycles. The SMILES string of the molecule is CCCCCCCCCCCc1cccc(C2CCCCCCC2)c1CCCCCCCCCCC. The summed E-state index contributed by atoms with van der Waals surface area (Å²) in [4.78, 5) is 0. The lowest BCUT2D eigenvalue weighted by atomic mass is 9.80. The van der Waals surface area contributed by atoms with Gasteiger partial charge in [0.15, 0.2) is 0 Å². The fourth-order valence-electron chi connectivity index (χ4n) is 6.58. The Bertz CT molecular complexity index is 606. The largest absolute Gasteiger partial charge is 0.0654 e. The van der Waals surface area contributed by atoms with Gasteiger partial charge in [-0.25, -0.2) is 0 Å². The Balaban J connectivity index is 1.84. The van der Waals surface area contributed by atoms with Gasteiger partial charge in [0, 0.05) is 0 Å². The van der Waals surface area contributed by atoms with E-state index in [1.807, 2.05) is 0 Å². The maximum atomic E-state index is 2.54. The van der Waals surface area contributed by atoms with E-state index in [1.165, 1.54) is 173 Å². The van der Waals surface area contributed by atoms with Gasteiger partial charge in [0.05, 0.1) is 0 Å². The summed E-state index contributed by atoms with van der Waals surface area (Å²) in [7, 11) is 0. The highest BCUT2D eigenvalue weighted by molar-refractivity contribution is 5.38. The predicted molar refractivity (Wildman–Crippen MR) is 163 cm³/mol. The summed E-state index contributed by atoms with van der Waals surface area (Å²) in [5.74, 6) is 0.835. The first-order valence-corrected chi connectivity index (χ1v) is 17.0. The van der Waals surface area contributed by atoms with Crippen LogP contribution in [0.15, 0.2) is 18.2 Å². The zero-order valence-corrected chi connectivity index (χ0v) is 24.9. The van der Waals surface area contributed by atoms with Crippen LogP contribution < -0.4 is 0 Å². The van der Waals surface area contributed by atoms with Gasteiger partial charge in [0.25, 0.3) is 0 Å². The molecule has 1 aliphatic rings. The van der Waals surface area contributed by atoms with Crippen LogP contribution in [0.5, 0.6) is 0 Å². The topological polar surface area (TPSA) is 0 Å². The molecule has 0 bridgehead atoms. The summed E-state index contributed by atoms with van der Waals surface area (Å²) in [6, 6.07) is 7.45. The van der Waals surface area contributed by atoms with Crippen LogP contribution in [0, 0.1) is 0 Å². The molecule has 1 saturated carbocycles. The zero-order chi connectivity index (χ0) is 25.5. The monoisotopic (exact) mass is 497 g/mol. The highest BCUT2D eigenvalue weighted by Gasteiger charge is 2.18. The fourth-order valence-corrected chi connectivity index (χ4v) is 6.58. The van der Waals surface area contributed by atoms with E-state index >= 15 is 0 Å². The molecule has 1 fully saturated rings. The van der Waals surface area contributed by atoms with E-state index in [0.29, 0.717) is 0 Å². The molecule has 0 N–H and O–H groups in total. The zero-order valence-electron chi connectivity index (χ0n) is 24.9. The molecule has 1 aromatic rings. The predicted octanol–water partition coefficient (Wildman–Crippen LogP) is 12.7. The number of benzene rings is 1. The third-order valence-electron chi connectivity index (χ3n) is 8.93. The normalized spacial score (nSPS) is 15.2. The molecule has 0 atom stereocenters. The van der Waals surface area contributed by atoms with Crippen LogP contribution in [-0.4, -0.2) is 0 Å². The summed E-state index contributed by atoms with van der Waals surface area (Å²) in [5, 5.41) is 0. The molecule has 0 radical (unpaired) electrons. The van der Waals surface area contributed by atoms with Crippen molar-refractivity contribution in [2.45, 2.75) is 193 Å². The van der Waals surface area contributed by atoms with Crippen LogP contribution in [0.1, 0.15) is 197 Å². The Labute approximate surface area is 227 Å². The first-order valence-electron chi connectivity index (χ1n) is 17.0. The van der Waals surface area contributed by atoms with Gasteiger partial charge < -0.3 is 0 Å². The molecule has 0 aliphatic heterocycles. The molecule has 2 rings (SSSR count). The van der Waals surface area contributed by atoms with E-state index in [0.717, 1.165) is 5.92 Å². The molecule has 208 valence electrons. The molecule has 36 heavy (non-hydrogen) atoms. The molecule has 0 saturated heterocycles. The van der Waals surface area contributed by atoms with Gasteiger partial charge in [-0.1, -0.05) is 167 Å². The van der Waals surface area contributed by atoms with Crippen LogP contribution in [0.4, 0.5) is 0 Å². The second kappa shape index (κ2) is 22.2. The quantitative estimate of drug-likeness (QED) is 0.148. The molecular formula is C36H64. The fraction of sp³-hybridized carbons (Fsp3) is 0.833. The Kier molecular flexibility index (Phi) is 19.4. The van der Waals surface area contributed by atoms with Crippen LogP contribution in [0.25, 0.3) is 0 Å². The smallest absolute Gasteiger partial charge is 0.0159 e. The molecule has 1 aromatic carbocycles. The van der Waals surface area contributed by atoms with Gasteiger partial charge in [-0.3, -0.25) is 0 Å². The van der Waals surface area contributed by atoms with Crippen molar-refractivity contribution in [1.29, 1.82) is 0 Å². The highest BCUT2D eigenvalue weighted by atomic mass is 14.2. The van der Waals surface area contributed by atoms with Gasteiger partial charge >= 0.3 is 0 Å². The minimum atomic E-state index is 0.835. The van der Waals surface area contributed by atoms with Crippen molar-refractivity contribution >= 4 is 0 Å². The second-order valence-electron chi connectivity index (χ2n) is 12.2. The van der Waals surface area contributed by atoms with Gasteiger partial charge in [-0.05, 0) is 61.1 Å². The molecule has 0 heterocycles. The summed E-state index contributed by atoms with van der Waals surface area (Å²) in [5.41, 5.74) is 5.28. The van der Waals surface area contributed by atoms with Gasteiger partial charge in [-0.2, -0.15) is 0 Å². The lowest BCUT2D eigenvalue weighted by Gasteiger charge is -2.25. The first-order chi connectivity index (χ1) is 17.9. The minimum Gasteiger partial charge on any atom is -0.0654 e. The van der Waals surface area contributed by atoms with E-state index in [4.69, 9.17) is 0 Å². The molecule has 0 amide bonds. The molecule has 0 spiro atoms. The standard InChI is InChI=1S/C36H64/c1-3-5-7-9-11-13-15-18-22-29-34-30-26-32-36(33-27-23-19-17-20-24-28-33)35(34)31-25-21-16-14-12-10-8-6-4-2/h26,30,32-33H,3-25,27-29,31H2,1-2H3. The van der Waals surface area contributed by atoms with Crippen LogP contribution >= 0.6 is 0 Å². The summed E-state index contributed by atoms with van der Waals surface area (Å²) in [6.45, 7) is 4.63. The van der Waals surface area contributed by atoms with Crippen LogP contribution in [0.2, 0.25) is 0 Å². The Morgan fingerprint density at radius 2 is 0.944 bits per heavy atom. The van der Waals surface area contributed by atoms with Crippen LogP contribution in [-0.2, 0) is 12.8 Å². The van der Waals surface area contributed by atoms with E-state index in [9.17, 15) is 0 Å². The van der Waals surface area contributed by atoms with Crippen molar-refractivity contribution in [2.24, 2.45) is 0 Å². The lowest BCUT2D eigenvalue weighted by Crippen LogP contribution is -2.08. The summed E-state index contributed by atoms with van der Waals surface area (Å²) in [6.07, 6.45) is 38.6. The maximum Gasteiger partial charge on any atom is -0.0159 e. The lowest BCUT2D eigenvalue weighted by molar-refractivity contribution is 0.453. The van der Waals surface area contributed by atoms with Gasteiger partial charge in [0.2, 0.25) is 0 Å². The van der Waals surface area contributed by atoms with Crippen molar-refractivity contribution in [3.63, 3.8) is 0 Å². The van der Waals surface area contributed by atoms with E-state index < -0.39 is 0 Å². The minimum absolute atomic E-state index is 0.835. The first kappa shape index (κ1) is 31.4. The average molecular weight is 497 g/mol. The molecule has 0 heteroatoms. The van der Waals surface area contributed by atoms with Crippen molar-refractivity contribution in [2.75, 3.05) is 0 Å². The Morgan fingerprint density at radius 1 is 0.500 bits per heavy atom. The van der Waals surface area contributed by atoms with Crippen molar-refractivity contribution in [1.82, 2.24) is 0 Å². The molecular weight excluding hydrogens is 432 g/mol.